The number of imide groups is 1. The van der Waals surface area contributed by atoms with Gasteiger partial charge in [0.2, 0.25) is 11.8 Å². The van der Waals surface area contributed by atoms with Crippen molar-refractivity contribution >= 4 is 29.1 Å². The van der Waals surface area contributed by atoms with Crippen LogP contribution in [0.1, 0.15) is 25.3 Å². The van der Waals surface area contributed by atoms with Crippen molar-refractivity contribution in [1.29, 1.82) is 0 Å². The molecule has 2 amide bonds. The van der Waals surface area contributed by atoms with Crippen LogP contribution in [0.15, 0.2) is 24.3 Å². The van der Waals surface area contributed by atoms with Crippen molar-refractivity contribution in [3.8, 4) is 0 Å². The Morgan fingerprint density at radius 3 is 2.44 bits per heavy atom. The summed E-state index contributed by atoms with van der Waals surface area (Å²) in [4.78, 5) is 25.0. The third kappa shape index (κ3) is 2.41. The second-order valence-electron chi connectivity index (χ2n) is 4.54. The monoisotopic (exact) mass is 265 g/mol. The first-order valence-electron chi connectivity index (χ1n) is 6.19. The Labute approximate surface area is 112 Å². The first kappa shape index (κ1) is 13.1. The number of carbonyl (C=O) groups is 2. The molecule has 1 aliphatic rings. The molecule has 0 N–H and O–H groups in total. The van der Waals surface area contributed by atoms with E-state index in [2.05, 4.69) is 6.92 Å². The number of hydrogen-bond acceptors (Lipinski definition) is 2. The maximum absolute atomic E-state index is 12.0. The molecule has 1 aromatic carbocycles. The molecular weight excluding hydrogens is 250 g/mol. The third-order valence-corrected chi connectivity index (χ3v) is 3.53. The minimum absolute atomic E-state index is 0.158. The lowest BCUT2D eigenvalue weighted by atomic mass is 10.1. The molecule has 18 heavy (non-hydrogen) atoms. The van der Waals surface area contributed by atoms with E-state index in [0.717, 1.165) is 12.8 Å². The molecule has 0 aliphatic carbocycles. The Bertz CT molecular complexity index is 455. The quantitative estimate of drug-likeness (QED) is 0.620. The fraction of sp³-hybridized carbons (Fsp3) is 0.429. The summed E-state index contributed by atoms with van der Waals surface area (Å²) < 4.78 is 0. The van der Waals surface area contributed by atoms with Crippen molar-refractivity contribution in [2.75, 3.05) is 10.8 Å². The van der Waals surface area contributed by atoms with Gasteiger partial charge in [0.1, 0.15) is 0 Å². The lowest BCUT2D eigenvalue weighted by molar-refractivity contribution is -0.122. The average molecular weight is 266 g/mol. The van der Waals surface area contributed by atoms with Crippen molar-refractivity contribution in [3.63, 3.8) is 0 Å². The van der Waals surface area contributed by atoms with Crippen LogP contribution in [0.3, 0.4) is 0 Å². The number of anilines is 1. The van der Waals surface area contributed by atoms with Gasteiger partial charge in [0.15, 0.2) is 0 Å². The van der Waals surface area contributed by atoms with E-state index in [9.17, 15) is 9.59 Å². The highest BCUT2D eigenvalue weighted by atomic mass is 35.5. The number of alkyl halides is 1. The first-order chi connectivity index (χ1) is 8.67. The Balaban J connectivity index is 2.21. The smallest absolute Gasteiger partial charge is 0.238 e. The summed E-state index contributed by atoms with van der Waals surface area (Å²) in [6.45, 7) is 2.12. The molecule has 0 saturated carbocycles. The van der Waals surface area contributed by atoms with Gasteiger partial charge in [-0.2, -0.15) is 0 Å². The predicted octanol–water partition coefficient (Wildman–Crippen LogP) is 2.76. The molecular formula is C14H16ClNO2. The summed E-state index contributed by atoms with van der Waals surface area (Å²) in [5.74, 6) is -0.503. The standard InChI is InChI=1S/C14H16ClNO2/c1-2-3-10-4-6-12(7-5-10)16-13(17)8-11(9-15)14(16)18/h4-7,11H,2-3,8-9H2,1H3. The van der Waals surface area contributed by atoms with E-state index < -0.39 is 0 Å². The third-order valence-electron chi connectivity index (χ3n) is 3.16. The fourth-order valence-corrected chi connectivity index (χ4v) is 2.43. The molecule has 0 aromatic heterocycles. The van der Waals surface area contributed by atoms with Gasteiger partial charge in [0.05, 0.1) is 11.6 Å². The van der Waals surface area contributed by atoms with E-state index >= 15 is 0 Å². The number of carbonyl (C=O) groups excluding carboxylic acids is 2. The number of nitrogens with zero attached hydrogens (tertiary/aromatic N) is 1. The van der Waals surface area contributed by atoms with Crippen LogP contribution in [0, 0.1) is 5.92 Å². The molecule has 0 spiro atoms. The van der Waals surface area contributed by atoms with Gasteiger partial charge >= 0.3 is 0 Å². The van der Waals surface area contributed by atoms with Crippen LogP contribution in [0.5, 0.6) is 0 Å². The molecule has 2 rings (SSSR count). The first-order valence-corrected chi connectivity index (χ1v) is 6.72. The topological polar surface area (TPSA) is 37.4 Å². The van der Waals surface area contributed by atoms with E-state index in [-0.39, 0.29) is 30.0 Å². The number of aryl methyl sites for hydroxylation is 1. The number of halogens is 1. The molecule has 1 atom stereocenters. The number of amides is 2. The average Bonchev–Trinajstić information content (AvgIpc) is 2.66. The molecule has 1 aromatic rings. The molecule has 0 bridgehead atoms. The van der Waals surface area contributed by atoms with Crippen molar-refractivity contribution in [2.45, 2.75) is 26.2 Å². The van der Waals surface area contributed by atoms with Crippen molar-refractivity contribution in [3.05, 3.63) is 29.8 Å². The fourth-order valence-electron chi connectivity index (χ4n) is 2.19. The summed E-state index contributed by atoms with van der Waals surface area (Å²) in [5, 5.41) is 0. The van der Waals surface area contributed by atoms with Crippen LogP contribution in [0.4, 0.5) is 5.69 Å². The van der Waals surface area contributed by atoms with Crippen LogP contribution < -0.4 is 4.90 Å². The van der Waals surface area contributed by atoms with Gasteiger partial charge in [0, 0.05) is 12.3 Å². The van der Waals surface area contributed by atoms with Crippen LogP contribution in [-0.4, -0.2) is 17.7 Å². The number of hydrogen-bond donors (Lipinski definition) is 0. The van der Waals surface area contributed by atoms with Gasteiger partial charge in [0.25, 0.3) is 0 Å². The summed E-state index contributed by atoms with van der Waals surface area (Å²) in [6.07, 6.45) is 2.31. The van der Waals surface area contributed by atoms with E-state index in [1.54, 1.807) is 0 Å². The van der Waals surface area contributed by atoms with Crippen LogP contribution >= 0.6 is 11.6 Å². The van der Waals surface area contributed by atoms with Crippen LogP contribution in [0.25, 0.3) is 0 Å². The molecule has 0 radical (unpaired) electrons. The largest absolute Gasteiger partial charge is 0.274 e. The van der Waals surface area contributed by atoms with E-state index in [1.165, 1.54) is 10.5 Å². The van der Waals surface area contributed by atoms with Gasteiger partial charge in [-0.1, -0.05) is 25.5 Å². The van der Waals surface area contributed by atoms with Gasteiger partial charge in [-0.25, -0.2) is 0 Å². The second-order valence-corrected chi connectivity index (χ2v) is 4.85. The Kier molecular flexibility index (Phi) is 4.02. The maximum atomic E-state index is 12.0. The zero-order chi connectivity index (χ0) is 13.1. The van der Waals surface area contributed by atoms with Crippen molar-refractivity contribution in [1.82, 2.24) is 0 Å². The van der Waals surface area contributed by atoms with Gasteiger partial charge in [-0.3, -0.25) is 14.5 Å². The molecule has 1 fully saturated rings. The Hall–Kier alpha value is -1.35. The number of benzene rings is 1. The predicted molar refractivity (Wildman–Crippen MR) is 71.8 cm³/mol. The SMILES string of the molecule is CCCc1ccc(N2C(=O)CC(CCl)C2=O)cc1. The molecule has 96 valence electrons. The zero-order valence-corrected chi connectivity index (χ0v) is 11.1. The highest BCUT2D eigenvalue weighted by Crippen LogP contribution is 2.27. The van der Waals surface area contributed by atoms with Crippen LogP contribution in [0.2, 0.25) is 0 Å². The summed E-state index contributed by atoms with van der Waals surface area (Å²) in [6, 6.07) is 7.59. The molecule has 3 nitrogen and oxygen atoms in total. The van der Waals surface area contributed by atoms with Crippen molar-refractivity contribution < 1.29 is 9.59 Å². The molecule has 1 unspecified atom stereocenters. The van der Waals surface area contributed by atoms with Crippen molar-refractivity contribution in [2.24, 2.45) is 5.92 Å². The summed E-state index contributed by atoms with van der Waals surface area (Å²) in [7, 11) is 0. The summed E-state index contributed by atoms with van der Waals surface area (Å²) in [5.41, 5.74) is 1.87. The Morgan fingerprint density at radius 1 is 1.28 bits per heavy atom. The maximum Gasteiger partial charge on any atom is 0.238 e. The molecule has 1 heterocycles. The van der Waals surface area contributed by atoms with Gasteiger partial charge in [-0.05, 0) is 24.1 Å². The minimum atomic E-state index is -0.366. The lowest BCUT2D eigenvalue weighted by Crippen LogP contribution is -2.30. The van der Waals surface area contributed by atoms with E-state index in [0.29, 0.717) is 5.69 Å². The van der Waals surface area contributed by atoms with Gasteiger partial charge in [-0.15, -0.1) is 11.6 Å². The second kappa shape index (κ2) is 5.53. The highest BCUT2D eigenvalue weighted by molar-refractivity contribution is 6.25. The molecule has 1 saturated heterocycles. The highest BCUT2D eigenvalue weighted by Gasteiger charge is 2.38. The summed E-state index contributed by atoms with van der Waals surface area (Å²) >= 11 is 5.69. The minimum Gasteiger partial charge on any atom is -0.274 e. The lowest BCUT2D eigenvalue weighted by Gasteiger charge is -2.15. The van der Waals surface area contributed by atoms with E-state index in [4.69, 9.17) is 11.6 Å². The molecule has 1 aliphatic heterocycles. The molecule has 4 heteroatoms. The Morgan fingerprint density at radius 2 is 1.94 bits per heavy atom. The zero-order valence-electron chi connectivity index (χ0n) is 10.4. The van der Waals surface area contributed by atoms with Crippen LogP contribution in [-0.2, 0) is 16.0 Å². The number of rotatable bonds is 4. The van der Waals surface area contributed by atoms with E-state index in [1.807, 2.05) is 24.3 Å². The normalized spacial score (nSPS) is 19.7. The van der Waals surface area contributed by atoms with Gasteiger partial charge < -0.3 is 0 Å².